The van der Waals surface area contributed by atoms with Gasteiger partial charge in [0.1, 0.15) is 6.54 Å². The maximum atomic E-state index is 12.0. The van der Waals surface area contributed by atoms with Gasteiger partial charge in [0.25, 0.3) is 11.8 Å². The normalized spacial score (nSPS) is 15.8. The van der Waals surface area contributed by atoms with E-state index in [-0.39, 0.29) is 18.4 Å². The number of aryl methyl sites for hydroxylation is 1. The highest BCUT2D eigenvalue weighted by Crippen LogP contribution is 2.22. The number of rotatable bonds is 7. The predicted molar refractivity (Wildman–Crippen MR) is 98.7 cm³/mol. The van der Waals surface area contributed by atoms with Crippen molar-refractivity contribution in [1.29, 1.82) is 0 Å². The number of amides is 2. The number of esters is 1. The van der Waals surface area contributed by atoms with Crippen LogP contribution in [0.1, 0.15) is 54.9 Å². The van der Waals surface area contributed by atoms with Gasteiger partial charge in [0.2, 0.25) is 0 Å². The molecule has 1 saturated carbocycles. The molecule has 2 rings (SSSR count). The van der Waals surface area contributed by atoms with Gasteiger partial charge in [-0.05, 0) is 44.7 Å². The van der Waals surface area contributed by atoms with Crippen molar-refractivity contribution < 1.29 is 19.1 Å². The van der Waals surface area contributed by atoms with Crippen molar-refractivity contribution in [3.8, 4) is 0 Å². The lowest BCUT2D eigenvalue weighted by Crippen LogP contribution is -2.40. The first kappa shape index (κ1) is 19.9. The summed E-state index contributed by atoms with van der Waals surface area (Å²) in [5.41, 5.74) is 1.44. The zero-order valence-electron chi connectivity index (χ0n) is 15.5. The fraction of sp³-hybridized carbons (Fsp3) is 0.550. The van der Waals surface area contributed by atoms with Crippen LogP contribution >= 0.6 is 0 Å². The Morgan fingerprint density at radius 2 is 1.88 bits per heavy atom. The van der Waals surface area contributed by atoms with Gasteiger partial charge in [0.15, 0.2) is 6.10 Å². The van der Waals surface area contributed by atoms with Gasteiger partial charge in [-0.25, -0.2) is 0 Å². The first-order valence-electron chi connectivity index (χ1n) is 9.27. The molecule has 1 aromatic carbocycles. The molecule has 1 aliphatic rings. The molecular weight excluding hydrogens is 332 g/mol. The minimum absolute atomic E-state index is 0.271. The molecule has 0 spiro atoms. The summed E-state index contributed by atoms with van der Waals surface area (Å²) in [5.74, 6) is -0.760. The van der Waals surface area contributed by atoms with Crippen LogP contribution in [-0.2, 0) is 14.3 Å². The van der Waals surface area contributed by atoms with Gasteiger partial charge in [-0.1, -0.05) is 37.0 Å². The molecular formula is C20H28N2O4. The second-order valence-electron chi connectivity index (χ2n) is 6.93. The molecule has 26 heavy (non-hydrogen) atoms. The highest BCUT2D eigenvalue weighted by Gasteiger charge is 2.20. The van der Waals surface area contributed by atoms with E-state index in [0.717, 1.165) is 18.4 Å². The third-order valence-electron chi connectivity index (χ3n) is 4.64. The van der Waals surface area contributed by atoms with Gasteiger partial charge in [-0.2, -0.15) is 0 Å². The van der Waals surface area contributed by atoms with E-state index in [0.29, 0.717) is 18.0 Å². The summed E-state index contributed by atoms with van der Waals surface area (Å²) in [7, 11) is 0. The van der Waals surface area contributed by atoms with Crippen LogP contribution in [0.5, 0.6) is 0 Å². The Kier molecular flexibility index (Phi) is 7.63. The van der Waals surface area contributed by atoms with E-state index in [4.69, 9.17) is 4.74 Å². The minimum Gasteiger partial charge on any atom is -0.451 e. The van der Waals surface area contributed by atoms with Crippen LogP contribution in [0.15, 0.2) is 24.3 Å². The molecule has 0 radical (unpaired) electrons. The quantitative estimate of drug-likeness (QED) is 0.731. The lowest BCUT2D eigenvalue weighted by molar-refractivity contribution is -0.153. The number of hydrogen-bond acceptors (Lipinski definition) is 4. The summed E-state index contributed by atoms with van der Waals surface area (Å²) in [6.07, 6.45) is 5.10. The standard InChI is InChI=1S/C20H28N2O4/c1-14-7-6-10-17(11-14)20(25)22-13-18(23)26-15(2)19(24)21-12-16-8-4-3-5-9-16/h6-7,10-11,15-16H,3-5,8-9,12-13H2,1-2H3,(H,21,24)(H,22,25)/t15-/m0/s1. The van der Waals surface area contributed by atoms with Crippen molar-refractivity contribution in [2.45, 2.75) is 52.1 Å². The second-order valence-corrected chi connectivity index (χ2v) is 6.93. The van der Waals surface area contributed by atoms with Gasteiger partial charge >= 0.3 is 5.97 Å². The lowest BCUT2D eigenvalue weighted by Gasteiger charge is -2.22. The van der Waals surface area contributed by atoms with Crippen molar-refractivity contribution >= 4 is 17.8 Å². The fourth-order valence-corrected chi connectivity index (χ4v) is 3.11. The maximum absolute atomic E-state index is 12.0. The van der Waals surface area contributed by atoms with Crippen LogP contribution in [0.3, 0.4) is 0 Å². The molecule has 6 nitrogen and oxygen atoms in total. The number of carbonyl (C=O) groups excluding carboxylic acids is 3. The Morgan fingerprint density at radius 3 is 2.58 bits per heavy atom. The zero-order valence-corrected chi connectivity index (χ0v) is 15.5. The van der Waals surface area contributed by atoms with Crippen LogP contribution in [0, 0.1) is 12.8 Å². The molecule has 0 heterocycles. The van der Waals surface area contributed by atoms with Gasteiger partial charge in [0, 0.05) is 12.1 Å². The molecule has 1 atom stereocenters. The topological polar surface area (TPSA) is 84.5 Å². The molecule has 1 aliphatic carbocycles. The highest BCUT2D eigenvalue weighted by molar-refractivity contribution is 5.96. The van der Waals surface area contributed by atoms with Crippen molar-refractivity contribution in [1.82, 2.24) is 10.6 Å². The van der Waals surface area contributed by atoms with Gasteiger partial charge in [0.05, 0.1) is 0 Å². The Hall–Kier alpha value is -2.37. The SMILES string of the molecule is Cc1cccc(C(=O)NCC(=O)O[C@@H](C)C(=O)NCC2CCCCC2)c1. The van der Waals surface area contributed by atoms with Crippen LogP contribution in [0.2, 0.25) is 0 Å². The molecule has 0 aliphatic heterocycles. The Morgan fingerprint density at radius 1 is 1.15 bits per heavy atom. The summed E-state index contributed by atoms with van der Waals surface area (Å²) in [5, 5.41) is 5.36. The summed E-state index contributed by atoms with van der Waals surface area (Å²) in [4.78, 5) is 35.9. The lowest BCUT2D eigenvalue weighted by atomic mass is 9.89. The smallest absolute Gasteiger partial charge is 0.326 e. The number of nitrogens with one attached hydrogen (secondary N) is 2. The molecule has 6 heteroatoms. The van der Waals surface area contributed by atoms with Crippen molar-refractivity contribution in [2.75, 3.05) is 13.1 Å². The van der Waals surface area contributed by atoms with E-state index in [9.17, 15) is 14.4 Å². The number of hydrogen-bond donors (Lipinski definition) is 2. The second kappa shape index (κ2) is 9.94. The van der Waals surface area contributed by atoms with E-state index in [1.165, 1.54) is 26.2 Å². The van der Waals surface area contributed by atoms with E-state index in [1.807, 2.05) is 13.0 Å². The Labute approximate surface area is 154 Å². The van der Waals surface area contributed by atoms with Crippen LogP contribution < -0.4 is 10.6 Å². The molecule has 0 bridgehead atoms. The summed E-state index contributed by atoms with van der Waals surface area (Å²) < 4.78 is 5.10. The van der Waals surface area contributed by atoms with E-state index >= 15 is 0 Å². The molecule has 2 N–H and O–H groups in total. The summed E-state index contributed by atoms with van der Waals surface area (Å²) >= 11 is 0. The third-order valence-corrected chi connectivity index (χ3v) is 4.64. The van der Waals surface area contributed by atoms with E-state index in [2.05, 4.69) is 10.6 Å². The van der Waals surface area contributed by atoms with Gasteiger partial charge < -0.3 is 15.4 Å². The van der Waals surface area contributed by atoms with Crippen LogP contribution in [-0.4, -0.2) is 37.0 Å². The molecule has 1 fully saturated rings. The fourth-order valence-electron chi connectivity index (χ4n) is 3.11. The highest BCUT2D eigenvalue weighted by atomic mass is 16.5. The Balaban J connectivity index is 1.69. The molecule has 142 valence electrons. The summed E-state index contributed by atoms with van der Waals surface area (Å²) in [6, 6.07) is 7.08. The molecule has 1 aromatic rings. The molecule has 0 unspecified atom stereocenters. The summed E-state index contributed by atoms with van der Waals surface area (Å²) in [6.45, 7) is 3.78. The van der Waals surface area contributed by atoms with Crippen LogP contribution in [0.25, 0.3) is 0 Å². The van der Waals surface area contributed by atoms with Crippen molar-refractivity contribution in [3.63, 3.8) is 0 Å². The average molecular weight is 360 g/mol. The number of carbonyl (C=O) groups is 3. The minimum atomic E-state index is -0.873. The van der Waals surface area contributed by atoms with Crippen molar-refractivity contribution in [3.05, 3.63) is 35.4 Å². The number of ether oxygens (including phenoxy) is 1. The first-order valence-corrected chi connectivity index (χ1v) is 9.27. The first-order chi connectivity index (χ1) is 12.5. The van der Waals surface area contributed by atoms with Crippen LogP contribution in [0.4, 0.5) is 0 Å². The van der Waals surface area contributed by atoms with Gasteiger partial charge in [-0.3, -0.25) is 14.4 Å². The van der Waals surface area contributed by atoms with E-state index < -0.39 is 12.1 Å². The Bertz CT molecular complexity index is 638. The van der Waals surface area contributed by atoms with Crippen molar-refractivity contribution in [2.24, 2.45) is 5.92 Å². The maximum Gasteiger partial charge on any atom is 0.326 e. The zero-order chi connectivity index (χ0) is 18.9. The average Bonchev–Trinajstić information content (AvgIpc) is 2.65. The largest absolute Gasteiger partial charge is 0.451 e. The third kappa shape index (κ3) is 6.50. The van der Waals surface area contributed by atoms with E-state index in [1.54, 1.807) is 18.2 Å². The predicted octanol–water partition coefficient (Wildman–Crippen LogP) is 2.35. The number of benzene rings is 1. The molecule has 2 amide bonds. The molecule has 0 saturated heterocycles. The van der Waals surface area contributed by atoms with Gasteiger partial charge in [-0.15, -0.1) is 0 Å². The molecule has 0 aromatic heterocycles. The monoisotopic (exact) mass is 360 g/mol.